The lowest BCUT2D eigenvalue weighted by Crippen LogP contribution is -2.30. The first-order valence-corrected chi connectivity index (χ1v) is 12.0. The molecule has 0 spiro atoms. The van der Waals surface area contributed by atoms with Crippen molar-refractivity contribution in [1.82, 2.24) is 0 Å². The maximum Gasteiger partial charge on any atom is 0.300 e. The van der Waals surface area contributed by atoms with Crippen LogP contribution in [0.1, 0.15) is 52.3 Å². The van der Waals surface area contributed by atoms with Gasteiger partial charge in [-0.05, 0) is 91.6 Å². The zero-order chi connectivity index (χ0) is 24.7. The van der Waals surface area contributed by atoms with Gasteiger partial charge in [-0.25, -0.2) is 0 Å². The van der Waals surface area contributed by atoms with Gasteiger partial charge in [0.2, 0.25) is 0 Å². The highest BCUT2D eigenvalue weighted by Gasteiger charge is 2.47. The van der Waals surface area contributed by atoms with Crippen LogP contribution in [0.2, 0.25) is 0 Å². The molecule has 0 bridgehead atoms. The maximum atomic E-state index is 13.5. The Balaban J connectivity index is 1.73. The number of Topliss-reactive ketones (excluding diaryl/α,β-unsaturated/α-hetero) is 1. The molecule has 3 aromatic carbocycles. The molecule has 35 heavy (non-hydrogen) atoms. The average molecular weight is 468 g/mol. The first kappa shape index (κ1) is 22.9. The van der Waals surface area contributed by atoms with Crippen LogP contribution in [0, 0.1) is 13.8 Å². The summed E-state index contributed by atoms with van der Waals surface area (Å²) in [5, 5.41) is 11.5. The zero-order valence-electron chi connectivity index (χ0n) is 20.3. The molecule has 1 unspecified atom stereocenters. The number of rotatable bonds is 4. The predicted octanol–water partition coefficient (Wildman–Crippen LogP) is 5.82. The quantitative estimate of drug-likeness (QED) is 0.298. The van der Waals surface area contributed by atoms with Crippen LogP contribution in [0.5, 0.6) is 5.75 Å². The van der Waals surface area contributed by atoms with Crippen molar-refractivity contribution in [2.24, 2.45) is 0 Å². The number of ketones is 1. The van der Waals surface area contributed by atoms with Crippen molar-refractivity contribution in [3.8, 4) is 5.75 Å². The number of aliphatic hydroxyl groups excluding tert-OH is 1. The lowest BCUT2D eigenvalue weighted by molar-refractivity contribution is -0.132. The molecule has 1 N–H and O–H groups in total. The Labute approximate surface area is 205 Å². The highest BCUT2D eigenvalue weighted by atomic mass is 16.5. The monoisotopic (exact) mass is 467 g/mol. The Kier molecular flexibility index (Phi) is 5.93. The lowest BCUT2D eigenvalue weighted by atomic mass is 9.88. The van der Waals surface area contributed by atoms with E-state index in [1.807, 2.05) is 74.5 Å². The van der Waals surface area contributed by atoms with Crippen molar-refractivity contribution in [1.29, 1.82) is 0 Å². The number of benzene rings is 3. The number of aliphatic hydroxyl groups is 1. The van der Waals surface area contributed by atoms with Crippen molar-refractivity contribution < 1.29 is 19.4 Å². The molecule has 1 saturated heterocycles. The van der Waals surface area contributed by atoms with Crippen molar-refractivity contribution in [3.63, 3.8) is 0 Å². The molecule has 1 aliphatic heterocycles. The highest BCUT2D eigenvalue weighted by Crippen LogP contribution is 2.44. The van der Waals surface area contributed by atoms with E-state index in [-0.39, 0.29) is 11.3 Å². The lowest BCUT2D eigenvalue weighted by Gasteiger charge is -2.27. The van der Waals surface area contributed by atoms with Gasteiger partial charge in [-0.3, -0.25) is 14.5 Å². The smallest absolute Gasteiger partial charge is 0.300 e. The minimum atomic E-state index is -0.776. The van der Waals surface area contributed by atoms with Crippen molar-refractivity contribution >= 4 is 23.1 Å². The molecule has 5 heteroatoms. The first-order valence-electron chi connectivity index (χ1n) is 12.0. The molecule has 5 rings (SSSR count). The summed E-state index contributed by atoms with van der Waals surface area (Å²) < 4.78 is 5.43. The minimum Gasteiger partial charge on any atom is -0.507 e. The first-order chi connectivity index (χ1) is 16.9. The molecule has 5 nitrogen and oxygen atoms in total. The Hall–Kier alpha value is -3.86. The number of carbonyl (C=O) groups is 2. The van der Waals surface area contributed by atoms with Gasteiger partial charge in [0, 0.05) is 11.3 Å². The van der Waals surface area contributed by atoms with Crippen molar-refractivity contribution in [3.05, 3.63) is 99.6 Å². The van der Waals surface area contributed by atoms with E-state index in [0.29, 0.717) is 22.6 Å². The second-order valence-electron chi connectivity index (χ2n) is 9.43. The molecule has 0 aromatic heterocycles. The van der Waals surface area contributed by atoms with E-state index in [1.165, 1.54) is 16.0 Å². The van der Waals surface area contributed by atoms with Gasteiger partial charge in [-0.1, -0.05) is 36.4 Å². The number of aryl methyl sites for hydroxylation is 4. The van der Waals surface area contributed by atoms with Crippen LogP contribution in [-0.4, -0.2) is 23.9 Å². The third kappa shape index (κ3) is 4.01. The van der Waals surface area contributed by atoms with Gasteiger partial charge in [0.25, 0.3) is 11.7 Å². The molecule has 1 amide bonds. The van der Waals surface area contributed by atoms with E-state index in [2.05, 4.69) is 0 Å². The summed E-state index contributed by atoms with van der Waals surface area (Å²) >= 11 is 0. The number of hydrogen-bond acceptors (Lipinski definition) is 4. The normalized spacial score (nSPS) is 19.1. The largest absolute Gasteiger partial charge is 0.507 e. The second-order valence-corrected chi connectivity index (χ2v) is 9.43. The van der Waals surface area contributed by atoms with Crippen molar-refractivity contribution in [2.75, 3.05) is 12.0 Å². The third-order valence-corrected chi connectivity index (χ3v) is 7.10. The fourth-order valence-electron chi connectivity index (χ4n) is 5.22. The number of methoxy groups -OCH3 is 1. The molecule has 0 saturated carbocycles. The number of fused-ring (bicyclic) bond motifs is 1. The van der Waals surface area contributed by atoms with Gasteiger partial charge in [0.15, 0.2) is 0 Å². The van der Waals surface area contributed by atoms with Gasteiger partial charge in [-0.15, -0.1) is 0 Å². The van der Waals surface area contributed by atoms with Crippen molar-refractivity contribution in [2.45, 2.75) is 45.6 Å². The minimum absolute atomic E-state index is 0.0971. The van der Waals surface area contributed by atoms with E-state index >= 15 is 0 Å². The average Bonchev–Trinajstić information content (AvgIpc) is 3.15. The molecule has 1 heterocycles. The molecular formula is C30H29NO4. The summed E-state index contributed by atoms with van der Waals surface area (Å²) in [6.45, 7) is 3.87. The Morgan fingerprint density at radius 1 is 0.943 bits per heavy atom. The standard InChI is InChI=1S/C30H29NO4/c1-18-11-12-19(2)25(15-18)31-27(22-9-6-10-24(17-22)35-3)26(29(33)30(31)34)28(32)23-14-13-20-7-4-5-8-21(20)16-23/h6,9-17,27,32H,4-5,7-8H2,1-3H3/b28-26-. The predicted molar refractivity (Wildman–Crippen MR) is 137 cm³/mol. The van der Waals surface area contributed by atoms with Crippen LogP contribution < -0.4 is 9.64 Å². The second kappa shape index (κ2) is 9.06. The van der Waals surface area contributed by atoms with Crippen LogP contribution in [-0.2, 0) is 22.4 Å². The number of hydrogen-bond donors (Lipinski definition) is 1. The highest BCUT2D eigenvalue weighted by molar-refractivity contribution is 6.51. The van der Waals surface area contributed by atoms with E-state index in [4.69, 9.17) is 4.74 Å². The molecular weight excluding hydrogens is 438 g/mol. The summed E-state index contributed by atoms with van der Waals surface area (Å²) in [5.41, 5.74) is 6.35. The van der Waals surface area contributed by atoms with Crippen LogP contribution in [0.3, 0.4) is 0 Å². The number of ether oxygens (including phenoxy) is 1. The number of anilines is 1. The Morgan fingerprint density at radius 2 is 1.71 bits per heavy atom. The summed E-state index contributed by atoms with van der Waals surface area (Å²) in [6.07, 6.45) is 4.25. The third-order valence-electron chi connectivity index (χ3n) is 7.10. The van der Waals surface area contributed by atoms with Gasteiger partial charge < -0.3 is 9.84 Å². The van der Waals surface area contributed by atoms with Gasteiger partial charge >= 0.3 is 0 Å². The summed E-state index contributed by atoms with van der Waals surface area (Å²) in [6, 6.07) is 18.2. The topological polar surface area (TPSA) is 66.8 Å². The van der Waals surface area contributed by atoms with Crippen LogP contribution in [0.4, 0.5) is 5.69 Å². The number of nitrogens with zero attached hydrogens (tertiary/aromatic N) is 1. The van der Waals surface area contributed by atoms with Gasteiger partial charge in [0.05, 0.1) is 18.7 Å². The number of carbonyl (C=O) groups excluding carboxylic acids is 2. The fraction of sp³-hybridized carbons (Fsp3) is 0.267. The summed E-state index contributed by atoms with van der Waals surface area (Å²) in [5.74, 6) is -0.861. The van der Waals surface area contributed by atoms with Gasteiger partial charge in [0.1, 0.15) is 11.5 Å². The van der Waals surface area contributed by atoms with Crippen LogP contribution in [0.15, 0.2) is 66.2 Å². The molecule has 1 atom stereocenters. The van der Waals surface area contributed by atoms with E-state index in [9.17, 15) is 14.7 Å². The van der Waals surface area contributed by atoms with E-state index in [1.54, 1.807) is 7.11 Å². The Bertz CT molecular complexity index is 1370. The summed E-state index contributed by atoms with van der Waals surface area (Å²) in [7, 11) is 1.58. The van der Waals surface area contributed by atoms with Crippen LogP contribution >= 0.6 is 0 Å². The van der Waals surface area contributed by atoms with E-state index < -0.39 is 17.7 Å². The van der Waals surface area contributed by atoms with E-state index in [0.717, 1.165) is 36.8 Å². The molecule has 0 radical (unpaired) electrons. The molecule has 1 fully saturated rings. The fourth-order valence-corrected chi connectivity index (χ4v) is 5.22. The molecule has 1 aliphatic carbocycles. The number of amides is 1. The van der Waals surface area contributed by atoms with Crippen LogP contribution in [0.25, 0.3) is 5.76 Å². The SMILES string of the molecule is COc1cccc(C2/C(=C(/O)c3ccc4c(c3)CCCC4)C(=O)C(=O)N2c2cc(C)ccc2C)c1. The molecule has 2 aliphatic rings. The zero-order valence-corrected chi connectivity index (χ0v) is 20.3. The molecule has 3 aromatic rings. The summed E-state index contributed by atoms with van der Waals surface area (Å²) in [4.78, 5) is 28.5. The molecule has 178 valence electrons. The maximum absolute atomic E-state index is 13.5. The Morgan fingerprint density at radius 3 is 2.49 bits per heavy atom. The van der Waals surface area contributed by atoms with Gasteiger partial charge in [-0.2, -0.15) is 0 Å².